The fourth-order valence-corrected chi connectivity index (χ4v) is 3.05. The minimum Gasteiger partial charge on any atom is -0.474 e. The number of carbonyl (C=O) groups is 1. The molecule has 1 aromatic rings. The number of ether oxygens (including phenoxy) is 1. The average molecular weight is 290 g/mol. The second kappa shape index (κ2) is 5.26. The van der Waals surface area contributed by atoms with Gasteiger partial charge in [0, 0.05) is 18.3 Å². The molecule has 0 radical (unpaired) electrons. The molecule has 1 aliphatic carbocycles. The van der Waals surface area contributed by atoms with E-state index in [1.54, 1.807) is 12.4 Å². The Hall–Kier alpha value is -1.69. The first-order valence-corrected chi connectivity index (χ1v) is 7.41. The van der Waals surface area contributed by atoms with Gasteiger partial charge in [0.15, 0.2) is 0 Å². The van der Waals surface area contributed by atoms with Crippen LogP contribution in [0.5, 0.6) is 5.88 Å². The van der Waals surface area contributed by atoms with Crippen LogP contribution in [0, 0.1) is 24.7 Å². The van der Waals surface area contributed by atoms with E-state index < -0.39 is 5.54 Å². The van der Waals surface area contributed by atoms with E-state index in [-0.39, 0.29) is 11.8 Å². The maximum absolute atomic E-state index is 12.3. The molecule has 0 spiro atoms. The van der Waals surface area contributed by atoms with Crippen LogP contribution in [-0.4, -0.2) is 41.1 Å². The molecule has 1 saturated carbocycles. The van der Waals surface area contributed by atoms with Gasteiger partial charge in [-0.05, 0) is 45.7 Å². The molecule has 6 heteroatoms. The fourth-order valence-electron chi connectivity index (χ4n) is 3.05. The monoisotopic (exact) mass is 290 g/mol. The molecular weight excluding hydrogens is 268 g/mol. The van der Waals surface area contributed by atoms with Gasteiger partial charge in [0.05, 0.1) is 11.2 Å². The standard InChI is InChI=1S/C15H22N4O2/c1-9-14(18-5-4-17-9)21-8-15(2,3)19-13(20)12-10-6-16-7-11(10)12/h4-5,10-12,16H,6-8H2,1-3H3,(H,19,20). The number of rotatable bonds is 5. The number of nitrogens with one attached hydrogen (secondary N) is 2. The van der Waals surface area contributed by atoms with Gasteiger partial charge < -0.3 is 15.4 Å². The third-order valence-electron chi connectivity index (χ3n) is 4.26. The summed E-state index contributed by atoms with van der Waals surface area (Å²) in [6, 6.07) is 0. The molecule has 2 fully saturated rings. The highest BCUT2D eigenvalue weighted by Gasteiger charge is 2.57. The van der Waals surface area contributed by atoms with Crippen molar-refractivity contribution in [3.05, 3.63) is 18.1 Å². The summed E-state index contributed by atoms with van der Waals surface area (Å²) in [4.78, 5) is 20.6. The molecule has 1 aliphatic heterocycles. The van der Waals surface area contributed by atoms with Crippen LogP contribution in [0.2, 0.25) is 0 Å². The number of hydrogen-bond acceptors (Lipinski definition) is 5. The molecule has 6 nitrogen and oxygen atoms in total. The van der Waals surface area contributed by atoms with Crippen molar-refractivity contribution in [2.24, 2.45) is 17.8 Å². The lowest BCUT2D eigenvalue weighted by molar-refractivity contribution is -0.125. The maximum atomic E-state index is 12.3. The molecule has 2 atom stereocenters. The van der Waals surface area contributed by atoms with Crippen LogP contribution >= 0.6 is 0 Å². The zero-order valence-corrected chi connectivity index (χ0v) is 12.7. The number of piperidine rings is 1. The van der Waals surface area contributed by atoms with Crippen molar-refractivity contribution in [1.29, 1.82) is 0 Å². The van der Waals surface area contributed by atoms with Crippen molar-refractivity contribution in [3.63, 3.8) is 0 Å². The highest BCUT2D eigenvalue weighted by atomic mass is 16.5. The van der Waals surface area contributed by atoms with E-state index in [2.05, 4.69) is 20.6 Å². The van der Waals surface area contributed by atoms with Gasteiger partial charge in [-0.2, -0.15) is 0 Å². The van der Waals surface area contributed by atoms with Crippen molar-refractivity contribution in [1.82, 2.24) is 20.6 Å². The van der Waals surface area contributed by atoms with Gasteiger partial charge in [-0.3, -0.25) is 9.78 Å². The maximum Gasteiger partial charge on any atom is 0.235 e. The van der Waals surface area contributed by atoms with Gasteiger partial charge in [-0.15, -0.1) is 0 Å². The molecule has 1 aromatic heterocycles. The Kier molecular flexibility index (Phi) is 3.57. The predicted octanol–water partition coefficient (Wildman–Crippen LogP) is 0.524. The molecule has 0 aromatic carbocycles. The van der Waals surface area contributed by atoms with E-state index in [1.807, 2.05) is 20.8 Å². The zero-order valence-electron chi connectivity index (χ0n) is 12.7. The predicted molar refractivity (Wildman–Crippen MR) is 77.8 cm³/mol. The summed E-state index contributed by atoms with van der Waals surface area (Å²) in [5, 5.41) is 6.40. The van der Waals surface area contributed by atoms with E-state index in [0.29, 0.717) is 24.3 Å². The molecule has 114 valence electrons. The second-order valence-electron chi connectivity index (χ2n) is 6.62. The third kappa shape index (κ3) is 3.00. The van der Waals surface area contributed by atoms with Crippen molar-refractivity contribution in [2.75, 3.05) is 19.7 Å². The van der Waals surface area contributed by atoms with Crippen LogP contribution < -0.4 is 15.4 Å². The van der Waals surface area contributed by atoms with Gasteiger partial charge in [-0.1, -0.05) is 0 Å². The molecule has 2 unspecified atom stereocenters. The minimum atomic E-state index is -0.425. The zero-order chi connectivity index (χ0) is 15.0. The van der Waals surface area contributed by atoms with E-state index in [1.165, 1.54) is 0 Å². The number of nitrogens with zero attached hydrogens (tertiary/aromatic N) is 2. The molecule has 2 heterocycles. The van der Waals surface area contributed by atoms with Gasteiger partial charge >= 0.3 is 0 Å². The fraction of sp³-hybridized carbons (Fsp3) is 0.667. The van der Waals surface area contributed by atoms with E-state index >= 15 is 0 Å². The molecule has 2 aliphatic rings. The first-order chi connectivity index (χ1) is 9.98. The summed E-state index contributed by atoms with van der Waals surface area (Å²) < 4.78 is 5.70. The van der Waals surface area contributed by atoms with Crippen LogP contribution in [0.25, 0.3) is 0 Å². The number of amides is 1. The van der Waals surface area contributed by atoms with Crippen molar-refractivity contribution in [3.8, 4) is 5.88 Å². The van der Waals surface area contributed by atoms with Crippen LogP contribution in [0.15, 0.2) is 12.4 Å². The summed E-state index contributed by atoms with van der Waals surface area (Å²) in [6.45, 7) is 8.10. The van der Waals surface area contributed by atoms with E-state index in [0.717, 1.165) is 18.8 Å². The quantitative estimate of drug-likeness (QED) is 0.827. The number of carbonyl (C=O) groups excluding carboxylic acids is 1. The Morgan fingerprint density at radius 1 is 1.38 bits per heavy atom. The Labute approximate surface area is 124 Å². The normalized spacial score (nSPS) is 27.1. The van der Waals surface area contributed by atoms with Crippen LogP contribution in [0.3, 0.4) is 0 Å². The van der Waals surface area contributed by atoms with Crippen LogP contribution in [0.4, 0.5) is 0 Å². The number of fused-ring (bicyclic) bond motifs is 1. The molecule has 1 saturated heterocycles. The van der Waals surface area contributed by atoms with Crippen LogP contribution in [0.1, 0.15) is 19.5 Å². The van der Waals surface area contributed by atoms with Crippen molar-refractivity contribution >= 4 is 5.91 Å². The molecule has 3 rings (SSSR count). The lowest BCUT2D eigenvalue weighted by atomic mass is 10.1. The summed E-state index contributed by atoms with van der Waals surface area (Å²) in [7, 11) is 0. The summed E-state index contributed by atoms with van der Waals surface area (Å²) in [6.07, 6.45) is 3.24. The average Bonchev–Trinajstić information content (AvgIpc) is 2.92. The van der Waals surface area contributed by atoms with Crippen molar-refractivity contribution in [2.45, 2.75) is 26.3 Å². The lowest BCUT2D eigenvalue weighted by Crippen LogP contribution is -2.49. The Morgan fingerprint density at radius 2 is 2.05 bits per heavy atom. The molecule has 21 heavy (non-hydrogen) atoms. The molecule has 2 N–H and O–H groups in total. The second-order valence-corrected chi connectivity index (χ2v) is 6.62. The Bertz CT molecular complexity index is 536. The number of hydrogen-bond donors (Lipinski definition) is 2. The lowest BCUT2D eigenvalue weighted by Gasteiger charge is -2.26. The third-order valence-corrected chi connectivity index (χ3v) is 4.26. The van der Waals surface area contributed by atoms with Gasteiger partial charge in [0.1, 0.15) is 6.61 Å². The highest BCUT2D eigenvalue weighted by Crippen LogP contribution is 2.48. The van der Waals surface area contributed by atoms with Gasteiger partial charge in [-0.25, -0.2) is 4.98 Å². The minimum absolute atomic E-state index is 0.149. The number of aromatic nitrogens is 2. The topological polar surface area (TPSA) is 76.1 Å². The SMILES string of the molecule is Cc1nccnc1OCC(C)(C)NC(=O)C1C2CNCC21. The Morgan fingerprint density at radius 3 is 2.71 bits per heavy atom. The Balaban J connectivity index is 1.52. The molecular formula is C15H22N4O2. The number of aryl methyl sites for hydroxylation is 1. The van der Waals surface area contributed by atoms with Crippen molar-refractivity contribution < 1.29 is 9.53 Å². The summed E-state index contributed by atoms with van der Waals surface area (Å²) in [5.41, 5.74) is 0.327. The molecule has 1 amide bonds. The van der Waals surface area contributed by atoms with Gasteiger partial charge in [0.25, 0.3) is 0 Å². The van der Waals surface area contributed by atoms with E-state index in [9.17, 15) is 4.79 Å². The van der Waals surface area contributed by atoms with Gasteiger partial charge in [0.2, 0.25) is 11.8 Å². The summed E-state index contributed by atoms with van der Waals surface area (Å²) in [5.74, 6) is 1.92. The summed E-state index contributed by atoms with van der Waals surface area (Å²) >= 11 is 0. The molecule has 0 bridgehead atoms. The first kappa shape index (κ1) is 14.3. The van der Waals surface area contributed by atoms with Crippen LogP contribution in [-0.2, 0) is 4.79 Å². The largest absolute Gasteiger partial charge is 0.474 e. The highest BCUT2D eigenvalue weighted by molar-refractivity contribution is 5.83. The smallest absolute Gasteiger partial charge is 0.235 e. The first-order valence-electron chi connectivity index (χ1n) is 7.41. The van der Waals surface area contributed by atoms with E-state index in [4.69, 9.17) is 4.74 Å².